The fourth-order valence-electron chi connectivity index (χ4n) is 2.18. The van der Waals surface area contributed by atoms with Gasteiger partial charge in [0.05, 0.1) is 12.7 Å². The van der Waals surface area contributed by atoms with E-state index in [1.54, 1.807) is 0 Å². The molecule has 2 aliphatic heterocycles. The van der Waals surface area contributed by atoms with Crippen molar-refractivity contribution < 1.29 is 9.47 Å². The maximum absolute atomic E-state index is 6.31. The van der Waals surface area contributed by atoms with Gasteiger partial charge in [0, 0.05) is 0 Å². The van der Waals surface area contributed by atoms with Crippen LogP contribution in [0.25, 0.3) is 6.08 Å². The SMILES string of the molecule is Cl[C@@H]1/C(=C/c2ccccc2)C[C@H]2CO[C@@H]1O2. The topological polar surface area (TPSA) is 18.5 Å². The Labute approximate surface area is 99.8 Å². The summed E-state index contributed by atoms with van der Waals surface area (Å²) in [5.41, 5.74) is 2.40. The first-order valence-corrected chi connectivity index (χ1v) is 5.93. The van der Waals surface area contributed by atoms with E-state index in [1.165, 1.54) is 11.1 Å². The molecular formula is C13H13ClO2. The molecule has 0 unspecified atom stereocenters. The van der Waals surface area contributed by atoms with Gasteiger partial charge >= 0.3 is 0 Å². The molecule has 2 saturated heterocycles. The predicted molar refractivity (Wildman–Crippen MR) is 63.3 cm³/mol. The summed E-state index contributed by atoms with van der Waals surface area (Å²) in [5, 5.41) is -0.154. The average molecular weight is 237 g/mol. The fourth-order valence-corrected chi connectivity index (χ4v) is 2.47. The van der Waals surface area contributed by atoms with Crippen LogP contribution in [-0.2, 0) is 9.47 Å². The highest BCUT2D eigenvalue weighted by atomic mass is 35.5. The number of benzene rings is 1. The largest absolute Gasteiger partial charge is 0.348 e. The molecule has 0 aromatic heterocycles. The molecule has 3 heteroatoms. The average Bonchev–Trinajstić information content (AvgIpc) is 2.72. The summed E-state index contributed by atoms with van der Waals surface area (Å²) >= 11 is 6.31. The lowest BCUT2D eigenvalue weighted by Gasteiger charge is -2.25. The highest BCUT2D eigenvalue weighted by Crippen LogP contribution is 2.35. The van der Waals surface area contributed by atoms with Gasteiger partial charge in [-0.2, -0.15) is 0 Å². The number of ether oxygens (including phenoxy) is 2. The lowest BCUT2D eigenvalue weighted by atomic mass is 10.00. The van der Waals surface area contributed by atoms with Gasteiger partial charge in [0.15, 0.2) is 6.29 Å². The third-order valence-electron chi connectivity index (χ3n) is 2.98. The first-order chi connectivity index (χ1) is 7.83. The Balaban J connectivity index is 1.87. The number of hydrogen-bond acceptors (Lipinski definition) is 2. The molecule has 2 nitrogen and oxygen atoms in total. The van der Waals surface area contributed by atoms with E-state index >= 15 is 0 Å². The van der Waals surface area contributed by atoms with Crippen LogP contribution in [0.2, 0.25) is 0 Å². The van der Waals surface area contributed by atoms with E-state index in [0.29, 0.717) is 6.61 Å². The minimum absolute atomic E-state index is 0.154. The molecule has 84 valence electrons. The Morgan fingerprint density at radius 3 is 2.88 bits per heavy atom. The van der Waals surface area contributed by atoms with Crippen molar-refractivity contribution in [3.05, 3.63) is 41.5 Å². The summed E-state index contributed by atoms with van der Waals surface area (Å²) in [6.45, 7) is 0.667. The Morgan fingerprint density at radius 1 is 1.25 bits per heavy atom. The van der Waals surface area contributed by atoms with E-state index in [0.717, 1.165) is 6.42 Å². The van der Waals surface area contributed by atoms with Gasteiger partial charge < -0.3 is 9.47 Å². The van der Waals surface area contributed by atoms with Crippen LogP contribution in [0.3, 0.4) is 0 Å². The zero-order chi connectivity index (χ0) is 11.0. The summed E-state index contributed by atoms with van der Waals surface area (Å²) in [7, 11) is 0. The monoisotopic (exact) mass is 236 g/mol. The molecular weight excluding hydrogens is 224 g/mol. The zero-order valence-electron chi connectivity index (χ0n) is 8.80. The fraction of sp³-hybridized carbons (Fsp3) is 0.385. The molecule has 0 spiro atoms. The Bertz CT molecular complexity index is 402. The summed E-state index contributed by atoms with van der Waals surface area (Å²) in [6, 6.07) is 10.2. The minimum Gasteiger partial charge on any atom is -0.348 e. The van der Waals surface area contributed by atoms with Crippen LogP contribution in [0.4, 0.5) is 0 Å². The predicted octanol–water partition coefficient (Wildman–Crippen LogP) is 2.82. The molecule has 0 saturated carbocycles. The van der Waals surface area contributed by atoms with Crippen molar-refractivity contribution in [3.63, 3.8) is 0 Å². The molecule has 0 N–H and O–H groups in total. The van der Waals surface area contributed by atoms with Gasteiger partial charge in [-0.05, 0) is 17.6 Å². The molecule has 1 aromatic rings. The number of alkyl halides is 1. The zero-order valence-corrected chi connectivity index (χ0v) is 9.56. The van der Waals surface area contributed by atoms with Gasteiger partial charge in [0.2, 0.25) is 0 Å². The molecule has 3 atom stereocenters. The van der Waals surface area contributed by atoms with E-state index in [2.05, 4.69) is 18.2 Å². The molecule has 2 aliphatic rings. The van der Waals surface area contributed by atoms with Gasteiger partial charge in [-0.15, -0.1) is 11.6 Å². The molecule has 0 amide bonds. The van der Waals surface area contributed by atoms with Crippen LogP contribution in [0.1, 0.15) is 12.0 Å². The highest BCUT2D eigenvalue weighted by molar-refractivity contribution is 6.23. The van der Waals surface area contributed by atoms with Crippen molar-refractivity contribution in [1.29, 1.82) is 0 Å². The van der Waals surface area contributed by atoms with Crippen molar-refractivity contribution in [1.82, 2.24) is 0 Å². The second-order valence-electron chi connectivity index (χ2n) is 4.20. The highest BCUT2D eigenvalue weighted by Gasteiger charge is 2.39. The number of halogens is 1. The molecule has 2 heterocycles. The molecule has 2 fully saturated rings. The van der Waals surface area contributed by atoms with Crippen molar-refractivity contribution in [2.45, 2.75) is 24.2 Å². The van der Waals surface area contributed by atoms with Crippen molar-refractivity contribution in [2.75, 3.05) is 6.61 Å². The van der Waals surface area contributed by atoms with Crippen LogP contribution < -0.4 is 0 Å². The molecule has 1 aromatic carbocycles. The van der Waals surface area contributed by atoms with Crippen LogP contribution >= 0.6 is 11.6 Å². The maximum Gasteiger partial charge on any atom is 0.178 e. The van der Waals surface area contributed by atoms with E-state index in [4.69, 9.17) is 21.1 Å². The summed E-state index contributed by atoms with van der Waals surface area (Å²) in [4.78, 5) is 0. The Kier molecular flexibility index (Phi) is 2.72. The van der Waals surface area contributed by atoms with E-state index in [1.807, 2.05) is 18.2 Å². The molecule has 0 aliphatic carbocycles. The third kappa shape index (κ3) is 1.88. The van der Waals surface area contributed by atoms with Crippen LogP contribution in [0.15, 0.2) is 35.9 Å². The van der Waals surface area contributed by atoms with Gasteiger partial charge in [-0.3, -0.25) is 0 Å². The second-order valence-corrected chi connectivity index (χ2v) is 4.67. The van der Waals surface area contributed by atoms with E-state index in [-0.39, 0.29) is 17.8 Å². The van der Waals surface area contributed by atoms with Gasteiger partial charge in [-0.1, -0.05) is 36.4 Å². The smallest absolute Gasteiger partial charge is 0.178 e. The first kappa shape index (κ1) is 10.3. The quantitative estimate of drug-likeness (QED) is 0.698. The van der Waals surface area contributed by atoms with Crippen molar-refractivity contribution >= 4 is 17.7 Å². The molecule has 0 radical (unpaired) electrons. The van der Waals surface area contributed by atoms with Crippen LogP contribution in [0.5, 0.6) is 0 Å². The maximum atomic E-state index is 6.31. The van der Waals surface area contributed by atoms with E-state index in [9.17, 15) is 0 Å². The number of rotatable bonds is 1. The summed E-state index contributed by atoms with van der Waals surface area (Å²) in [5.74, 6) is 0. The van der Waals surface area contributed by atoms with Gasteiger partial charge in [0.1, 0.15) is 5.38 Å². The van der Waals surface area contributed by atoms with E-state index < -0.39 is 0 Å². The third-order valence-corrected chi connectivity index (χ3v) is 3.47. The Hall–Kier alpha value is -0.830. The lowest BCUT2D eigenvalue weighted by Crippen LogP contribution is -2.30. The van der Waals surface area contributed by atoms with Crippen molar-refractivity contribution in [3.8, 4) is 0 Å². The first-order valence-electron chi connectivity index (χ1n) is 5.49. The van der Waals surface area contributed by atoms with Gasteiger partial charge in [-0.25, -0.2) is 0 Å². The number of hydrogen-bond donors (Lipinski definition) is 0. The minimum atomic E-state index is -0.254. The van der Waals surface area contributed by atoms with Gasteiger partial charge in [0.25, 0.3) is 0 Å². The number of fused-ring (bicyclic) bond motifs is 2. The summed E-state index contributed by atoms with van der Waals surface area (Å²) in [6.07, 6.45) is 2.96. The Morgan fingerprint density at radius 2 is 2.06 bits per heavy atom. The van der Waals surface area contributed by atoms with Crippen LogP contribution in [-0.4, -0.2) is 24.4 Å². The van der Waals surface area contributed by atoms with Crippen LogP contribution in [0, 0.1) is 0 Å². The normalized spacial score (nSPS) is 35.6. The standard InChI is InChI=1S/C13H13ClO2/c14-12-10(6-9-4-2-1-3-5-9)7-11-8-15-13(12)16-11/h1-6,11-13H,7-8H2/b10-6+/t11-,12+,13+/m0/s1. The molecule has 16 heavy (non-hydrogen) atoms. The lowest BCUT2D eigenvalue weighted by molar-refractivity contribution is -0.0645. The summed E-state index contributed by atoms with van der Waals surface area (Å²) < 4.78 is 11.0. The second kappa shape index (κ2) is 4.21. The molecule has 2 bridgehead atoms. The van der Waals surface area contributed by atoms with Crippen molar-refractivity contribution in [2.24, 2.45) is 0 Å². The molecule has 3 rings (SSSR count).